The van der Waals surface area contributed by atoms with Crippen molar-refractivity contribution in [1.29, 1.82) is 0 Å². The fourth-order valence-electron chi connectivity index (χ4n) is 2.38. The summed E-state index contributed by atoms with van der Waals surface area (Å²) in [6.45, 7) is 2.76. The van der Waals surface area contributed by atoms with Gasteiger partial charge in [0.15, 0.2) is 0 Å². The van der Waals surface area contributed by atoms with Crippen molar-refractivity contribution in [3.8, 4) is 0 Å². The van der Waals surface area contributed by atoms with Crippen LogP contribution in [-0.4, -0.2) is 11.1 Å². The number of nitrogens with zero attached hydrogens (tertiary/aromatic N) is 1. The van der Waals surface area contributed by atoms with E-state index in [9.17, 15) is 5.11 Å². The molecule has 2 nitrogen and oxygen atoms in total. The van der Waals surface area contributed by atoms with Crippen LogP contribution in [-0.2, 0) is 6.54 Å². The topological polar surface area (TPSA) is 23.5 Å². The highest BCUT2D eigenvalue weighted by molar-refractivity contribution is 9.10. The first-order valence-corrected chi connectivity index (χ1v) is 8.59. The third-order valence-electron chi connectivity index (χ3n) is 3.66. The Bertz CT molecular complexity index is 578. The van der Waals surface area contributed by atoms with Crippen LogP contribution in [0.15, 0.2) is 40.2 Å². The number of hydrogen-bond acceptors (Lipinski definition) is 3. The fraction of sp³-hybridized carbons (Fsp3) is 0.375. The Hall–Kier alpha value is -0.840. The van der Waals surface area contributed by atoms with Crippen LogP contribution < -0.4 is 4.90 Å². The first kappa shape index (κ1) is 14.1. The number of benzene rings is 1. The van der Waals surface area contributed by atoms with Crippen LogP contribution in [0.3, 0.4) is 0 Å². The van der Waals surface area contributed by atoms with Gasteiger partial charge >= 0.3 is 0 Å². The minimum absolute atomic E-state index is 0.424. The Labute approximate surface area is 132 Å². The molecule has 0 radical (unpaired) electrons. The van der Waals surface area contributed by atoms with E-state index in [1.54, 1.807) is 6.92 Å². The summed E-state index contributed by atoms with van der Waals surface area (Å²) in [5, 5.41) is 11.8. The van der Waals surface area contributed by atoms with Crippen LogP contribution >= 0.6 is 27.3 Å². The highest BCUT2D eigenvalue weighted by Gasteiger charge is 2.30. The van der Waals surface area contributed by atoms with Crippen LogP contribution in [0, 0.1) is 0 Å². The fourth-order valence-corrected chi connectivity index (χ4v) is 3.71. The Morgan fingerprint density at radius 2 is 2.20 bits per heavy atom. The normalized spacial score (nSPS) is 16.1. The van der Waals surface area contributed by atoms with Gasteiger partial charge < -0.3 is 10.0 Å². The van der Waals surface area contributed by atoms with Gasteiger partial charge in [-0.25, -0.2) is 0 Å². The maximum atomic E-state index is 9.67. The van der Waals surface area contributed by atoms with Crippen LogP contribution in [0.25, 0.3) is 0 Å². The molecule has 4 heteroatoms. The van der Waals surface area contributed by atoms with E-state index in [1.165, 1.54) is 23.4 Å². The SMILES string of the molecule is CC(O)c1ccc(N(Cc2cccs2)C2CC2)c(Br)c1. The van der Waals surface area contributed by atoms with Gasteiger partial charge in [0.2, 0.25) is 0 Å². The lowest BCUT2D eigenvalue weighted by Crippen LogP contribution is -2.25. The van der Waals surface area contributed by atoms with Crippen LogP contribution in [0.1, 0.15) is 36.3 Å². The summed E-state index contributed by atoms with van der Waals surface area (Å²) < 4.78 is 1.07. The molecule has 1 fully saturated rings. The van der Waals surface area contributed by atoms with Gasteiger partial charge in [0, 0.05) is 15.4 Å². The van der Waals surface area contributed by atoms with E-state index in [4.69, 9.17) is 0 Å². The lowest BCUT2D eigenvalue weighted by molar-refractivity contribution is 0.199. The monoisotopic (exact) mass is 351 g/mol. The molecule has 1 aliphatic rings. The second-order valence-electron chi connectivity index (χ2n) is 5.33. The molecule has 0 spiro atoms. The van der Waals surface area contributed by atoms with Crippen LogP contribution in [0.5, 0.6) is 0 Å². The van der Waals surface area contributed by atoms with Gasteiger partial charge in [-0.15, -0.1) is 11.3 Å². The molecule has 2 aromatic rings. The summed E-state index contributed by atoms with van der Waals surface area (Å²) in [5.41, 5.74) is 2.18. The second-order valence-corrected chi connectivity index (χ2v) is 7.21. The lowest BCUT2D eigenvalue weighted by Gasteiger charge is -2.26. The molecule has 20 heavy (non-hydrogen) atoms. The molecule has 0 amide bonds. The van der Waals surface area contributed by atoms with Gasteiger partial charge in [-0.3, -0.25) is 0 Å². The minimum Gasteiger partial charge on any atom is -0.389 e. The number of rotatable bonds is 5. The summed E-state index contributed by atoms with van der Waals surface area (Å²) >= 11 is 5.47. The molecule has 1 aromatic carbocycles. The number of anilines is 1. The molecular weight excluding hydrogens is 334 g/mol. The molecule has 1 saturated carbocycles. The highest BCUT2D eigenvalue weighted by atomic mass is 79.9. The van der Waals surface area contributed by atoms with E-state index in [2.05, 4.69) is 44.4 Å². The summed E-state index contributed by atoms with van der Waals surface area (Å²) in [6.07, 6.45) is 2.12. The van der Waals surface area contributed by atoms with Gasteiger partial charge in [-0.05, 0) is 64.8 Å². The molecule has 1 N–H and O–H groups in total. The van der Waals surface area contributed by atoms with Gasteiger partial charge in [-0.1, -0.05) is 12.1 Å². The zero-order chi connectivity index (χ0) is 14.1. The molecule has 3 rings (SSSR count). The quantitative estimate of drug-likeness (QED) is 0.841. The van der Waals surface area contributed by atoms with Crippen molar-refractivity contribution in [2.45, 2.75) is 38.5 Å². The molecule has 106 valence electrons. The van der Waals surface area contributed by atoms with Gasteiger partial charge in [0.1, 0.15) is 0 Å². The van der Waals surface area contributed by atoms with Gasteiger partial charge in [0.05, 0.1) is 18.3 Å². The molecular formula is C16H18BrNOS. The largest absolute Gasteiger partial charge is 0.389 e. The molecule has 0 aliphatic heterocycles. The summed E-state index contributed by atoms with van der Waals surface area (Å²) in [6, 6.07) is 11.1. The molecule has 1 aromatic heterocycles. The predicted octanol–water partition coefficient (Wildman–Crippen LogP) is 4.73. The predicted molar refractivity (Wildman–Crippen MR) is 88.3 cm³/mol. The molecule has 1 unspecified atom stereocenters. The van der Waals surface area contributed by atoms with Crippen LogP contribution in [0.2, 0.25) is 0 Å². The summed E-state index contributed by atoms with van der Waals surface area (Å²) in [5.74, 6) is 0. The van der Waals surface area contributed by atoms with Crippen molar-refractivity contribution < 1.29 is 5.11 Å². The number of thiophene rings is 1. The van der Waals surface area contributed by atoms with E-state index in [1.807, 2.05) is 23.5 Å². The number of aliphatic hydroxyl groups is 1. The van der Waals surface area contributed by atoms with E-state index in [0.717, 1.165) is 16.6 Å². The van der Waals surface area contributed by atoms with Crippen molar-refractivity contribution in [2.24, 2.45) is 0 Å². The minimum atomic E-state index is -0.424. The molecule has 0 bridgehead atoms. The molecule has 1 aliphatic carbocycles. The molecule has 1 heterocycles. The van der Waals surface area contributed by atoms with Crippen molar-refractivity contribution in [3.63, 3.8) is 0 Å². The first-order valence-electron chi connectivity index (χ1n) is 6.91. The van der Waals surface area contributed by atoms with Gasteiger partial charge in [0.25, 0.3) is 0 Å². The second kappa shape index (κ2) is 5.88. The third kappa shape index (κ3) is 3.08. The maximum absolute atomic E-state index is 9.67. The Morgan fingerprint density at radius 1 is 1.40 bits per heavy atom. The number of hydrogen-bond donors (Lipinski definition) is 1. The number of aliphatic hydroxyl groups excluding tert-OH is 1. The zero-order valence-corrected chi connectivity index (χ0v) is 13.8. The van der Waals surface area contributed by atoms with Crippen molar-refractivity contribution >= 4 is 33.0 Å². The van der Waals surface area contributed by atoms with Crippen LogP contribution in [0.4, 0.5) is 5.69 Å². The zero-order valence-electron chi connectivity index (χ0n) is 11.4. The maximum Gasteiger partial charge on any atom is 0.0762 e. The highest BCUT2D eigenvalue weighted by Crippen LogP contribution is 2.38. The average Bonchev–Trinajstić information content (AvgIpc) is 3.14. The van der Waals surface area contributed by atoms with Crippen molar-refractivity contribution in [3.05, 3.63) is 50.6 Å². The number of halogens is 1. The van der Waals surface area contributed by atoms with E-state index < -0.39 is 6.10 Å². The molecule has 0 saturated heterocycles. The van der Waals surface area contributed by atoms with E-state index >= 15 is 0 Å². The third-order valence-corrected chi connectivity index (χ3v) is 5.15. The molecule has 1 atom stereocenters. The lowest BCUT2D eigenvalue weighted by atomic mass is 10.1. The van der Waals surface area contributed by atoms with Gasteiger partial charge in [-0.2, -0.15) is 0 Å². The Morgan fingerprint density at radius 3 is 2.75 bits per heavy atom. The first-order chi connectivity index (χ1) is 9.65. The summed E-state index contributed by atoms with van der Waals surface area (Å²) in [7, 11) is 0. The van der Waals surface area contributed by atoms with E-state index in [-0.39, 0.29) is 0 Å². The average molecular weight is 352 g/mol. The summed E-state index contributed by atoms with van der Waals surface area (Å²) in [4.78, 5) is 3.87. The Kier molecular flexibility index (Phi) is 4.15. The smallest absolute Gasteiger partial charge is 0.0762 e. The van der Waals surface area contributed by atoms with E-state index in [0.29, 0.717) is 6.04 Å². The standard InChI is InChI=1S/C16H18BrNOS/c1-11(19)12-4-7-16(15(17)9-12)18(13-5-6-13)10-14-3-2-8-20-14/h2-4,7-9,11,13,19H,5-6,10H2,1H3. The van der Waals surface area contributed by atoms with Crippen molar-refractivity contribution in [2.75, 3.05) is 4.90 Å². The Balaban J connectivity index is 1.87. The van der Waals surface area contributed by atoms with Crippen molar-refractivity contribution in [1.82, 2.24) is 0 Å².